The van der Waals surface area contributed by atoms with Crippen molar-refractivity contribution in [2.75, 3.05) is 32.1 Å². The summed E-state index contributed by atoms with van der Waals surface area (Å²) < 4.78 is 5.82. The van der Waals surface area contributed by atoms with Crippen LogP contribution in [-0.2, 0) is 0 Å². The monoisotopic (exact) mass is 326 g/mol. The van der Waals surface area contributed by atoms with Crippen LogP contribution in [0, 0.1) is 0 Å². The zero-order valence-corrected chi connectivity index (χ0v) is 14.1. The van der Waals surface area contributed by atoms with Crippen LogP contribution in [0.25, 0.3) is 0 Å². The van der Waals surface area contributed by atoms with E-state index in [2.05, 4.69) is 9.97 Å². The smallest absolute Gasteiger partial charge is 0.253 e. The second kappa shape index (κ2) is 7.29. The summed E-state index contributed by atoms with van der Waals surface area (Å²) >= 11 is 0. The maximum atomic E-state index is 12.7. The molecule has 6 heteroatoms. The number of rotatable bonds is 4. The summed E-state index contributed by atoms with van der Waals surface area (Å²) in [6, 6.07) is 7.73. The Morgan fingerprint density at radius 1 is 1.25 bits per heavy atom. The lowest BCUT2D eigenvalue weighted by atomic mass is 10.1. The largest absolute Gasteiger partial charge is 0.473 e. The van der Waals surface area contributed by atoms with Crippen molar-refractivity contribution in [3.8, 4) is 5.88 Å². The molecule has 0 radical (unpaired) electrons. The molecule has 1 amide bonds. The van der Waals surface area contributed by atoms with Gasteiger partial charge in [0, 0.05) is 63.7 Å². The zero-order chi connectivity index (χ0) is 16.9. The molecule has 1 aliphatic heterocycles. The quantitative estimate of drug-likeness (QED) is 0.862. The number of likely N-dealkylation sites (tertiary alicyclic amines) is 1. The zero-order valence-electron chi connectivity index (χ0n) is 14.1. The van der Waals surface area contributed by atoms with Crippen molar-refractivity contribution in [2.45, 2.75) is 18.9 Å². The lowest BCUT2D eigenvalue weighted by molar-refractivity contribution is 0.0587. The standard InChI is InChI=1S/C18H22N4O2/c1-21(2)15-5-3-4-14(12-15)18(23)22-10-6-16(7-11-22)24-17-13-19-8-9-20-17/h3-5,8-9,12-13,16H,6-7,10-11H2,1-2H3. The molecule has 1 fully saturated rings. The predicted molar refractivity (Wildman–Crippen MR) is 92.4 cm³/mol. The van der Waals surface area contributed by atoms with Gasteiger partial charge in [0.2, 0.25) is 5.88 Å². The molecular weight excluding hydrogens is 304 g/mol. The molecule has 0 saturated carbocycles. The van der Waals surface area contributed by atoms with Crippen LogP contribution in [0.2, 0.25) is 0 Å². The average Bonchev–Trinajstić information content (AvgIpc) is 2.63. The summed E-state index contributed by atoms with van der Waals surface area (Å²) in [7, 11) is 3.94. The van der Waals surface area contributed by atoms with Gasteiger partial charge in [0.05, 0.1) is 6.20 Å². The van der Waals surface area contributed by atoms with Gasteiger partial charge in [-0.3, -0.25) is 9.78 Å². The highest BCUT2D eigenvalue weighted by Crippen LogP contribution is 2.20. The number of hydrogen-bond acceptors (Lipinski definition) is 5. The number of ether oxygens (including phenoxy) is 1. The Labute approximate surface area is 142 Å². The molecule has 0 unspecified atom stereocenters. The first-order valence-corrected chi connectivity index (χ1v) is 8.13. The Morgan fingerprint density at radius 2 is 2.04 bits per heavy atom. The van der Waals surface area contributed by atoms with E-state index < -0.39 is 0 Å². The van der Waals surface area contributed by atoms with Crippen molar-refractivity contribution in [1.82, 2.24) is 14.9 Å². The molecule has 1 aromatic carbocycles. The van der Waals surface area contributed by atoms with Crippen LogP contribution in [0.15, 0.2) is 42.9 Å². The molecule has 1 aromatic heterocycles. The molecule has 2 heterocycles. The first kappa shape index (κ1) is 16.2. The highest BCUT2D eigenvalue weighted by atomic mass is 16.5. The van der Waals surface area contributed by atoms with Crippen LogP contribution in [0.1, 0.15) is 23.2 Å². The molecule has 0 aliphatic carbocycles. The molecular formula is C18H22N4O2. The molecule has 0 atom stereocenters. The Kier molecular flexibility index (Phi) is 4.93. The van der Waals surface area contributed by atoms with E-state index in [1.165, 1.54) is 0 Å². The summed E-state index contributed by atoms with van der Waals surface area (Å²) in [4.78, 5) is 24.7. The van der Waals surface area contributed by atoms with E-state index in [4.69, 9.17) is 4.74 Å². The van der Waals surface area contributed by atoms with Crippen LogP contribution in [0.5, 0.6) is 5.88 Å². The van der Waals surface area contributed by atoms with Gasteiger partial charge >= 0.3 is 0 Å². The van der Waals surface area contributed by atoms with E-state index in [9.17, 15) is 4.79 Å². The fraction of sp³-hybridized carbons (Fsp3) is 0.389. The Hall–Kier alpha value is -2.63. The maximum absolute atomic E-state index is 12.7. The lowest BCUT2D eigenvalue weighted by Crippen LogP contribution is -2.41. The van der Waals surface area contributed by atoms with Crippen molar-refractivity contribution >= 4 is 11.6 Å². The summed E-state index contributed by atoms with van der Waals surface area (Å²) in [6.45, 7) is 1.38. The SMILES string of the molecule is CN(C)c1cccc(C(=O)N2CCC(Oc3cnccn3)CC2)c1. The van der Waals surface area contributed by atoms with E-state index in [-0.39, 0.29) is 12.0 Å². The number of aromatic nitrogens is 2. The second-order valence-corrected chi connectivity index (χ2v) is 6.10. The minimum atomic E-state index is 0.0802. The number of carbonyl (C=O) groups is 1. The van der Waals surface area contributed by atoms with Gasteiger partial charge in [-0.25, -0.2) is 4.98 Å². The molecule has 24 heavy (non-hydrogen) atoms. The van der Waals surface area contributed by atoms with Gasteiger partial charge in [0.1, 0.15) is 6.10 Å². The van der Waals surface area contributed by atoms with Gasteiger partial charge in [-0.2, -0.15) is 0 Å². The third-order valence-electron chi connectivity index (χ3n) is 4.17. The number of benzene rings is 1. The lowest BCUT2D eigenvalue weighted by Gasteiger charge is -2.32. The Morgan fingerprint density at radius 3 is 2.71 bits per heavy atom. The Balaban J connectivity index is 1.58. The van der Waals surface area contributed by atoms with Crippen LogP contribution < -0.4 is 9.64 Å². The fourth-order valence-corrected chi connectivity index (χ4v) is 2.79. The molecule has 3 rings (SSSR count). The normalized spacial score (nSPS) is 15.2. The van der Waals surface area contributed by atoms with Crippen molar-refractivity contribution in [1.29, 1.82) is 0 Å². The van der Waals surface area contributed by atoms with Gasteiger partial charge in [-0.1, -0.05) is 6.07 Å². The number of carbonyl (C=O) groups excluding carboxylic acids is 1. The molecule has 1 aliphatic rings. The summed E-state index contributed by atoms with van der Waals surface area (Å²) in [5.74, 6) is 0.623. The van der Waals surface area contributed by atoms with E-state index in [0.717, 1.165) is 24.1 Å². The van der Waals surface area contributed by atoms with Crippen LogP contribution >= 0.6 is 0 Å². The molecule has 0 bridgehead atoms. The molecule has 0 N–H and O–H groups in total. The number of anilines is 1. The summed E-state index contributed by atoms with van der Waals surface area (Å²) in [5.41, 5.74) is 1.76. The van der Waals surface area contributed by atoms with Crippen LogP contribution in [0.3, 0.4) is 0 Å². The average molecular weight is 326 g/mol. The minimum absolute atomic E-state index is 0.0802. The van der Waals surface area contributed by atoms with Gasteiger partial charge in [-0.05, 0) is 18.2 Å². The number of nitrogens with zero attached hydrogens (tertiary/aromatic N) is 4. The molecule has 2 aromatic rings. The Bertz CT molecular complexity index is 682. The van der Waals surface area contributed by atoms with Crippen molar-refractivity contribution in [2.24, 2.45) is 0 Å². The third-order valence-corrected chi connectivity index (χ3v) is 4.17. The predicted octanol–water partition coefficient (Wildman–Crippen LogP) is 2.23. The molecule has 1 saturated heterocycles. The van der Waals surface area contributed by atoms with Gasteiger partial charge < -0.3 is 14.5 Å². The maximum Gasteiger partial charge on any atom is 0.253 e. The van der Waals surface area contributed by atoms with Crippen molar-refractivity contribution in [3.05, 3.63) is 48.4 Å². The number of amides is 1. The molecule has 126 valence electrons. The van der Waals surface area contributed by atoms with E-state index in [0.29, 0.717) is 19.0 Å². The van der Waals surface area contributed by atoms with Gasteiger partial charge in [-0.15, -0.1) is 0 Å². The van der Waals surface area contributed by atoms with Gasteiger partial charge in [0.25, 0.3) is 5.91 Å². The fourth-order valence-electron chi connectivity index (χ4n) is 2.79. The van der Waals surface area contributed by atoms with Gasteiger partial charge in [0.15, 0.2) is 0 Å². The van der Waals surface area contributed by atoms with Crippen LogP contribution in [-0.4, -0.2) is 54.1 Å². The number of hydrogen-bond donors (Lipinski definition) is 0. The molecule has 0 spiro atoms. The van der Waals surface area contributed by atoms with E-state index in [1.807, 2.05) is 48.2 Å². The molecule has 6 nitrogen and oxygen atoms in total. The minimum Gasteiger partial charge on any atom is -0.473 e. The summed E-state index contributed by atoms with van der Waals surface area (Å²) in [6.07, 6.45) is 6.54. The van der Waals surface area contributed by atoms with Crippen molar-refractivity contribution < 1.29 is 9.53 Å². The highest BCUT2D eigenvalue weighted by molar-refractivity contribution is 5.95. The first-order valence-electron chi connectivity index (χ1n) is 8.13. The summed E-state index contributed by atoms with van der Waals surface area (Å²) in [5, 5.41) is 0. The van der Waals surface area contributed by atoms with E-state index in [1.54, 1.807) is 18.6 Å². The third kappa shape index (κ3) is 3.82. The van der Waals surface area contributed by atoms with Crippen molar-refractivity contribution in [3.63, 3.8) is 0 Å². The first-order chi connectivity index (χ1) is 11.6. The van der Waals surface area contributed by atoms with E-state index >= 15 is 0 Å². The highest BCUT2D eigenvalue weighted by Gasteiger charge is 2.25. The number of piperidine rings is 1. The topological polar surface area (TPSA) is 58.6 Å². The van der Waals surface area contributed by atoms with Crippen LogP contribution in [0.4, 0.5) is 5.69 Å². The second-order valence-electron chi connectivity index (χ2n) is 6.10.